The van der Waals surface area contributed by atoms with Crippen LogP contribution < -0.4 is 10.1 Å². The normalized spacial score (nSPS) is 11.3. The van der Waals surface area contributed by atoms with Crippen molar-refractivity contribution in [3.8, 4) is 5.75 Å². The zero-order valence-corrected chi connectivity index (χ0v) is 16.3. The first-order valence-electron chi connectivity index (χ1n) is 8.74. The first-order valence-corrected chi connectivity index (χ1v) is 8.74. The van der Waals surface area contributed by atoms with E-state index >= 15 is 0 Å². The third kappa shape index (κ3) is 5.09. The number of esters is 2. The fourth-order valence-electron chi connectivity index (χ4n) is 2.56. The van der Waals surface area contributed by atoms with Gasteiger partial charge in [0.05, 0.1) is 25.3 Å². The summed E-state index contributed by atoms with van der Waals surface area (Å²) in [5, 5.41) is 2.69. The predicted molar refractivity (Wildman–Crippen MR) is 104 cm³/mol. The van der Waals surface area contributed by atoms with Gasteiger partial charge in [0.25, 0.3) is 5.91 Å². The number of nitrogens with one attached hydrogen (secondary N) is 1. The highest BCUT2D eigenvalue weighted by molar-refractivity contribution is 6.00. The zero-order chi connectivity index (χ0) is 20.7. The highest BCUT2D eigenvalue weighted by Gasteiger charge is 2.21. The fourth-order valence-corrected chi connectivity index (χ4v) is 2.56. The van der Waals surface area contributed by atoms with Crippen molar-refractivity contribution in [2.24, 2.45) is 0 Å². The van der Waals surface area contributed by atoms with E-state index in [2.05, 4.69) is 5.32 Å². The predicted octanol–water partition coefficient (Wildman–Crippen LogP) is 3.36. The van der Waals surface area contributed by atoms with Gasteiger partial charge in [0, 0.05) is 5.69 Å². The van der Waals surface area contributed by atoms with E-state index in [4.69, 9.17) is 14.2 Å². The lowest BCUT2D eigenvalue weighted by molar-refractivity contribution is -0.122. The molecule has 1 N–H and O–H groups in total. The lowest BCUT2D eigenvalue weighted by Crippen LogP contribution is -2.32. The topological polar surface area (TPSA) is 90.9 Å². The quantitative estimate of drug-likeness (QED) is 0.735. The van der Waals surface area contributed by atoms with Crippen molar-refractivity contribution in [1.82, 2.24) is 0 Å². The van der Waals surface area contributed by atoms with Crippen LogP contribution in [0.4, 0.5) is 5.69 Å². The van der Waals surface area contributed by atoms with Crippen molar-refractivity contribution < 1.29 is 28.6 Å². The molecule has 2 aromatic carbocycles. The van der Waals surface area contributed by atoms with Crippen LogP contribution in [0.15, 0.2) is 42.5 Å². The van der Waals surface area contributed by atoms with E-state index in [1.165, 1.54) is 32.4 Å². The molecule has 0 aliphatic heterocycles. The van der Waals surface area contributed by atoms with E-state index in [0.717, 1.165) is 5.56 Å². The average molecular weight is 385 g/mol. The van der Waals surface area contributed by atoms with E-state index in [-0.39, 0.29) is 16.8 Å². The van der Waals surface area contributed by atoms with E-state index in [1.807, 2.05) is 32.0 Å². The van der Waals surface area contributed by atoms with Gasteiger partial charge < -0.3 is 19.5 Å². The molecule has 7 nitrogen and oxygen atoms in total. The average Bonchev–Trinajstić information content (AvgIpc) is 2.71. The number of anilines is 1. The second-order valence-electron chi connectivity index (χ2n) is 6.05. The SMILES string of the molecule is CC[C@H](Oc1ccccc1C)C(=O)Nc1cc(C(=O)OC)cc(C(=O)OC)c1. The van der Waals surface area contributed by atoms with Crippen molar-refractivity contribution in [2.75, 3.05) is 19.5 Å². The van der Waals surface area contributed by atoms with Gasteiger partial charge in [-0.3, -0.25) is 4.79 Å². The van der Waals surface area contributed by atoms with Gasteiger partial charge in [-0.2, -0.15) is 0 Å². The Morgan fingerprint density at radius 2 is 1.54 bits per heavy atom. The van der Waals surface area contributed by atoms with Gasteiger partial charge in [0.1, 0.15) is 5.75 Å². The molecular formula is C21H23NO6. The molecule has 148 valence electrons. The Morgan fingerprint density at radius 1 is 0.964 bits per heavy atom. The maximum Gasteiger partial charge on any atom is 0.337 e. The monoisotopic (exact) mass is 385 g/mol. The molecule has 0 saturated heterocycles. The van der Waals surface area contributed by atoms with Crippen LogP contribution in [0.2, 0.25) is 0 Å². The summed E-state index contributed by atoms with van der Waals surface area (Å²) in [6.07, 6.45) is -0.315. The standard InChI is InChI=1S/C21H23NO6/c1-5-17(28-18-9-7-6-8-13(18)2)19(23)22-16-11-14(20(24)26-3)10-15(12-16)21(25)27-4/h6-12,17H,5H2,1-4H3,(H,22,23)/t17-/m0/s1. The van der Waals surface area contributed by atoms with Gasteiger partial charge in [0.15, 0.2) is 6.10 Å². The molecule has 2 aromatic rings. The first kappa shape index (κ1) is 21.0. The van der Waals surface area contributed by atoms with Crippen LogP contribution in [-0.2, 0) is 14.3 Å². The highest BCUT2D eigenvalue weighted by Crippen LogP contribution is 2.21. The van der Waals surface area contributed by atoms with Gasteiger partial charge in [0.2, 0.25) is 0 Å². The van der Waals surface area contributed by atoms with Crippen LogP contribution >= 0.6 is 0 Å². The molecule has 28 heavy (non-hydrogen) atoms. The van der Waals surface area contributed by atoms with Crippen LogP contribution in [-0.4, -0.2) is 38.2 Å². The molecule has 0 fully saturated rings. The van der Waals surface area contributed by atoms with Gasteiger partial charge in [-0.1, -0.05) is 25.1 Å². The van der Waals surface area contributed by atoms with Crippen LogP contribution in [0.1, 0.15) is 39.6 Å². The van der Waals surface area contributed by atoms with Crippen LogP contribution in [0.5, 0.6) is 5.75 Å². The molecule has 1 atom stereocenters. The molecule has 0 bridgehead atoms. The molecule has 0 heterocycles. The maximum atomic E-state index is 12.7. The van der Waals surface area contributed by atoms with Crippen molar-refractivity contribution in [1.29, 1.82) is 0 Å². The van der Waals surface area contributed by atoms with Gasteiger partial charge in [-0.15, -0.1) is 0 Å². The van der Waals surface area contributed by atoms with E-state index in [1.54, 1.807) is 6.07 Å². The van der Waals surface area contributed by atoms with E-state index < -0.39 is 23.9 Å². The van der Waals surface area contributed by atoms with E-state index in [9.17, 15) is 14.4 Å². The number of benzene rings is 2. The van der Waals surface area contributed by atoms with Crippen molar-refractivity contribution in [3.05, 3.63) is 59.2 Å². The highest BCUT2D eigenvalue weighted by atomic mass is 16.5. The largest absolute Gasteiger partial charge is 0.480 e. The van der Waals surface area contributed by atoms with Gasteiger partial charge in [-0.25, -0.2) is 9.59 Å². The number of carbonyl (C=O) groups excluding carboxylic acids is 3. The number of hydrogen-bond acceptors (Lipinski definition) is 6. The minimum absolute atomic E-state index is 0.119. The first-order chi connectivity index (χ1) is 13.4. The molecule has 0 radical (unpaired) electrons. The number of carbonyl (C=O) groups is 3. The van der Waals surface area contributed by atoms with Crippen LogP contribution in [0.25, 0.3) is 0 Å². The Bertz CT molecular complexity index is 843. The third-order valence-corrected chi connectivity index (χ3v) is 4.07. The molecule has 0 spiro atoms. The smallest absolute Gasteiger partial charge is 0.337 e. The molecule has 0 aliphatic carbocycles. The van der Waals surface area contributed by atoms with Crippen LogP contribution in [0.3, 0.4) is 0 Å². The summed E-state index contributed by atoms with van der Waals surface area (Å²) in [5.41, 5.74) is 1.41. The number of rotatable bonds is 7. The molecular weight excluding hydrogens is 362 g/mol. The van der Waals surface area contributed by atoms with Crippen molar-refractivity contribution in [3.63, 3.8) is 0 Å². The Balaban J connectivity index is 2.26. The number of methoxy groups -OCH3 is 2. The molecule has 7 heteroatoms. The summed E-state index contributed by atoms with van der Waals surface area (Å²) >= 11 is 0. The summed E-state index contributed by atoms with van der Waals surface area (Å²) < 4.78 is 15.2. The molecule has 0 unspecified atom stereocenters. The lowest BCUT2D eigenvalue weighted by atomic mass is 10.1. The minimum Gasteiger partial charge on any atom is -0.480 e. The maximum absolute atomic E-state index is 12.7. The Morgan fingerprint density at radius 3 is 2.04 bits per heavy atom. The number of ether oxygens (including phenoxy) is 3. The van der Waals surface area contributed by atoms with Crippen molar-refractivity contribution >= 4 is 23.5 Å². The molecule has 2 rings (SSSR count). The fraction of sp³-hybridized carbons (Fsp3) is 0.286. The Kier molecular flexibility index (Phi) is 7.14. The van der Waals surface area contributed by atoms with E-state index in [0.29, 0.717) is 12.2 Å². The summed E-state index contributed by atoms with van der Waals surface area (Å²) in [6.45, 7) is 3.72. The van der Waals surface area contributed by atoms with Crippen molar-refractivity contribution in [2.45, 2.75) is 26.4 Å². The number of hydrogen-bond donors (Lipinski definition) is 1. The lowest BCUT2D eigenvalue weighted by Gasteiger charge is -2.19. The molecule has 0 aliphatic rings. The Labute approximate surface area is 163 Å². The second kappa shape index (κ2) is 9.55. The zero-order valence-electron chi connectivity index (χ0n) is 16.3. The van der Waals surface area contributed by atoms with Crippen LogP contribution in [0, 0.1) is 6.92 Å². The summed E-state index contributed by atoms with van der Waals surface area (Å²) in [5.74, 6) is -1.06. The number of para-hydroxylation sites is 1. The molecule has 0 aromatic heterocycles. The summed E-state index contributed by atoms with van der Waals surface area (Å²) in [4.78, 5) is 36.4. The molecule has 1 amide bonds. The van der Waals surface area contributed by atoms with Gasteiger partial charge >= 0.3 is 11.9 Å². The minimum atomic E-state index is -0.746. The summed E-state index contributed by atoms with van der Waals surface area (Å²) in [7, 11) is 2.46. The molecule has 0 saturated carbocycles. The Hall–Kier alpha value is -3.35. The second-order valence-corrected chi connectivity index (χ2v) is 6.05. The summed E-state index contributed by atoms with van der Waals surface area (Å²) in [6, 6.07) is 11.6. The number of aryl methyl sites for hydroxylation is 1. The third-order valence-electron chi connectivity index (χ3n) is 4.07. The van der Waals surface area contributed by atoms with Gasteiger partial charge in [-0.05, 0) is 43.2 Å². The number of amides is 1.